The molecule has 5 rings (SSSR count). The molecule has 0 radical (unpaired) electrons. The van der Waals surface area contributed by atoms with Gasteiger partial charge in [0.05, 0.1) is 17.1 Å². The van der Waals surface area contributed by atoms with Crippen molar-refractivity contribution in [2.75, 3.05) is 13.1 Å². The lowest BCUT2D eigenvalue weighted by Crippen LogP contribution is -2.42. The van der Waals surface area contributed by atoms with Crippen LogP contribution in [0, 0.1) is 5.92 Å². The summed E-state index contributed by atoms with van der Waals surface area (Å²) in [6.45, 7) is 5.40. The molecular weight excluding hydrogens is 474 g/mol. The van der Waals surface area contributed by atoms with Crippen LogP contribution >= 0.6 is 11.3 Å². The third-order valence-corrected chi connectivity index (χ3v) is 8.20. The number of fused-ring (bicyclic) bond motifs is 2. The molecule has 1 fully saturated rings. The number of aliphatic hydroxyl groups is 1. The number of carbonyl (C=O) groups is 1. The minimum absolute atomic E-state index is 0.190. The van der Waals surface area contributed by atoms with E-state index in [4.69, 9.17) is 0 Å². The third-order valence-electron chi connectivity index (χ3n) is 6.99. The van der Waals surface area contributed by atoms with Crippen molar-refractivity contribution in [3.05, 3.63) is 79.3 Å². The first-order valence-electron chi connectivity index (χ1n) is 12.5. The normalized spacial score (nSPS) is 14.9. The summed E-state index contributed by atoms with van der Waals surface area (Å²) < 4.78 is 2.77. The van der Waals surface area contributed by atoms with Gasteiger partial charge >= 0.3 is 5.69 Å². The molecule has 4 aromatic rings. The van der Waals surface area contributed by atoms with E-state index in [0.717, 1.165) is 25.8 Å². The average Bonchev–Trinajstić information content (AvgIpc) is 3.24. The molecule has 1 saturated heterocycles. The predicted octanol–water partition coefficient (Wildman–Crippen LogP) is 3.76. The Morgan fingerprint density at radius 1 is 1.08 bits per heavy atom. The maximum absolute atomic E-state index is 14.0. The van der Waals surface area contributed by atoms with Crippen LogP contribution in [0.3, 0.4) is 0 Å². The zero-order valence-corrected chi connectivity index (χ0v) is 21.7. The van der Waals surface area contributed by atoms with E-state index in [9.17, 15) is 19.5 Å². The average molecular weight is 506 g/mol. The standard InChI is InChI=1S/C28H31N3O4S/c1-17(2)16-31-27-24(25(33)29(3)28(31)35)23(26(34)30-13-11-20(32)12-14-30)22(36-27)15-19-9-6-8-18-7-4-5-10-21(18)19/h4-10,17,20,32H,11-16H2,1-3H3. The van der Waals surface area contributed by atoms with Crippen LogP contribution in [0.5, 0.6) is 0 Å². The Labute approximate surface area is 213 Å². The lowest BCUT2D eigenvalue weighted by molar-refractivity contribution is 0.0548. The van der Waals surface area contributed by atoms with Crippen molar-refractivity contribution in [2.45, 2.75) is 45.8 Å². The largest absolute Gasteiger partial charge is 0.393 e. The van der Waals surface area contributed by atoms with Gasteiger partial charge in [0.1, 0.15) is 4.83 Å². The van der Waals surface area contributed by atoms with E-state index in [1.165, 1.54) is 18.4 Å². The Kier molecular flexibility index (Phi) is 6.57. The van der Waals surface area contributed by atoms with Gasteiger partial charge in [-0.05, 0) is 35.1 Å². The molecule has 0 atom stereocenters. The highest BCUT2D eigenvalue weighted by Crippen LogP contribution is 2.34. The van der Waals surface area contributed by atoms with Gasteiger partial charge in [-0.1, -0.05) is 56.3 Å². The van der Waals surface area contributed by atoms with Gasteiger partial charge in [-0.25, -0.2) is 4.79 Å². The fourth-order valence-corrected chi connectivity index (χ4v) is 6.41. The summed E-state index contributed by atoms with van der Waals surface area (Å²) in [7, 11) is 1.48. The van der Waals surface area contributed by atoms with Crippen molar-refractivity contribution >= 4 is 38.2 Å². The maximum atomic E-state index is 14.0. The van der Waals surface area contributed by atoms with Crippen molar-refractivity contribution in [1.29, 1.82) is 0 Å². The highest BCUT2D eigenvalue weighted by molar-refractivity contribution is 7.19. The second-order valence-corrected chi connectivity index (χ2v) is 11.2. The lowest BCUT2D eigenvalue weighted by Gasteiger charge is -2.29. The smallest absolute Gasteiger partial charge is 0.331 e. The van der Waals surface area contributed by atoms with Crippen LogP contribution in [-0.2, 0) is 20.0 Å². The first-order chi connectivity index (χ1) is 17.3. The topological polar surface area (TPSA) is 84.5 Å². The van der Waals surface area contributed by atoms with Crippen molar-refractivity contribution in [3.8, 4) is 0 Å². The molecule has 1 aliphatic rings. The molecule has 0 unspecified atom stereocenters. The lowest BCUT2D eigenvalue weighted by atomic mass is 9.99. The van der Waals surface area contributed by atoms with E-state index in [-0.39, 0.29) is 17.5 Å². The molecule has 0 saturated carbocycles. The molecule has 8 heteroatoms. The van der Waals surface area contributed by atoms with Gasteiger partial charge in [0.15, 0.2) is 0 Å². The van der Waals surface area contributed by atoms with Crippen molar-refractivity contribution < 1.29 is 9.90 Å². The number of carbonyl (C=O) groups excluding carboxylic acids is 1. The molecule has 2 aromatic carbocycles. The van der Waals surface area contributed by atoms with Crippen LogP contribution in [0.25, 0.3) is 21.0 Å². The summed E-state index contributed by atoms with van der Waals surface area (Å²) in [5.74, 6) is -0.00927. The SMILES string of the molecule is CC(C)Cn1c(=O)n(C)c(=O)c2c(C(=O)N3CCC(O)CC3)c(Cc3cccc4ccccc34)sc21. The van der Waals surface area contributed by atoms with Crippen molar-refractivity contribution in [1.82, 2.24) is 14.0 Å². The Bertz CT molecular complexity index is 1570. The molecule has 1 aliphatic heterocycles. The number of benzene rings is 2. The monoisotopic (exact) mass is 505 g/mol. The van der Waals surface area contributed by atoms with E-state index in [1.807, 2.05) is 32.0 Å². The first kappa shape index (κ1) is 24.5. The van der Waals surface area contributed by atoms with Crippen LogP contribution in [0.4, 0.5) is 0 Å². The summed E-state index contributed by atoms with van der Waals surface area (Å²) in [5.41, 5.74) is 0.671. The van der Waals surface area contributed by atoms with E-state index in [2.05, 4.69) is 24.3 Å². The Balaban J connectivity index is 1.75. The highest BCUT2D eigenvalue weighted by Gasteiger charge is 2.30. The number of hydrogen-bond acceptors (Lipinski definition) is 5. The van der Waals surface area contributed by atoms with Crippen LogP contribution in [0.15, 0.2) is 52.1 Å². The molecule has 0 aliphatic carbocycles. The summed E-state index contributed by atoms with van der Waals surface area (Å²) in [6, 6.07) is 14.2. The van der Waals surface area contributed by atoms with Gasteiger partial charge in [0.25, 0.3) is 11.5 Å². The molecule has 3 heterocycles. The van der Waals surface area contributed by atoms with Gasteiger partial charge in [-0.15, -0.1) is 11.3 Å². The molecular formula is C28H31N3O4S. The predicted molar refractivity (Wildman–Crippen MR) is 144 cm³/mol. The van der Waals surface area contributed by atoms with Gasteiger partial charge in [-0.3, -0.25) is 18.7 Å². The summed E-state index contributed by atoms with van der Waals surface area (Å²) in [6.07, 6.45) is 1.11. The molecule has 2 aromatic heterocycles. The zero-order chi connectivity index (χ0) is 25.6. The molecule has 36 heavy (non-hydrogen) atoms. The number of thiophene rings is 1. The summed E-state index contributed by atoms with van der Waals surface area (Å²) in [4.78, 5) is 43.6. The minimum atomic E-state index is -0.434. The van der Waals surface area contributed by atoms with E-state index in [0.29, 0.717) is 54.7 Å². The first-order valence-corrected chi connectivity index (χ1v) is 13.3. The van der Waals surface area contributed by atoms with Crippen LogP contribution < -0.4 is 11.2 Å². The van der Waals surface area contributed by atoms with Gasteiger partial charge in [0, 0.05) is 38.0 Å². The van der Waals surface area contributed by atoms with Crippen LogP contribution in [0.1, 0.15) is 47.5 Å². The Hall–Kier alpha value is -3.23. The van der Waals surface area contributed by atoms with Gasteiger partial charge in [0.2, 0.25) is 0 Å². The molecule has 0 bridgehead atoms. The van der Waals surface area contributed by atoms with Crippen LogP contribution in [-0.4, -0.2) is 44.2 Å². The second kappa shape index (κ2) is 9.67. The number of aliphatic hydroxyl groups excluding tert-OH is 1. The van der Waals surface area contributed by atoms with E-state index in [1.54, 1.807) is 9.47 Å². The van der Waals surface area contributed by atoms with Crippen molar-refractivity contribution in [2.24, 2.45) is 13.0 Å². The van der Waals surface area contributed by atoms with Gasteiger partial charge < -0.3 is 10.0 Å². The second-order valence-electron chi connectivity index (χ2n) is 10.1. The minimum Gasteiger partial charge on any atom is -0.393 e. The fraction of sp³-hybridized carbons (Fsp3) is 0.393. The van der Waals surface area contributed by atoms with Gasteiger partial charge in [-0.2, -0.15) is 0 Å². The molecule has 1 amide bonds. The Morgan fingerprint density at radius 3 is 2.50 bits per heavy atom. The maximum Gasteiger partial charge on any atom is 0.331 e. The molecule has 0 spiro atoms. The highest BCUT2D eigenvalue weighted by atomic mass is 32.1. The number of nitrogens with zero attached hydrogens (tertiary/aromatic N) is 3. The number of piperidine rings is 1. The van der Waals surface area contributed by atoms with Crippen molar-refractivity contribution in [3.63, 3.8) is 0 Å². The number of hydrogen-bond donors (Lipinski definition) is 1. The molecule has 188 valence electrons. The quantitative estimate of drug-likeness (QED) is 0.448. The molecule has 7 nitrogen and oxygen atoms in total. The number of aromatic nitrogens is 2. The number of amides is 1. The number of likely N-dealkylation sites (tertiary alicyclic amines) is 1. The molecule has 1 N–H and O–H groups in total. The Morgan fingerprint density at radius 2 is 1.78 bits per heavy atom. The fourth-order valence-electron chi connectivity index (χ4n) is 5.10. The summed E-state index contributed by atoms with van der Waals surface area (Å²) >= 11 is 1.38. The van der Waals surface area contributed by atoms with E-state index < -0.39 is 11.7 Å². The van der Waals surface area contributed by atoms with E-state index >= 15 is 0 Å². The third kappa shape index (κ3) is 4.29. The summed E-state index contributed by atoms with van der Waals surface area (Å²) in [5, 5.41) is 12.5. The zero-order valence-electron chi connectivity index (χ0n) is 20.9. The number of rotatable bonds is 5. The van der Waals surface area contributed by atoms with Crippen LogP contribution in [0.2, 0.25) is 0 Å².